The molecule has 0 unspecified atom stereocenters. The van der Waals surface area contributed by atoms with E-state index in [2.05, 4.69) is 26.5 Å². The van der Waals surface area contributed by atoms with E-state index in [4.69, 9.17) is 9.47 Å². The minimum atomic E-state index is -0.600. The maximum absolute atomic E-state index is 12.4. The number of methoxy groups -OCH3 is 1. The Balaban J connectivity index is 1.68. The fourth-order valence-electron chi connectivity index (χ4n) is 2.61. The number of benzene rings is 3. The van der Waals surface area contributed by atoms with E-state index in [-0.39, 0.29) is 17.0 Å². The number of nitrogens with one attached hydrogen (secondary N) is 1. The summed E-state index contributed by atoms with van der Waals surface area (Å²) in [7, 11) is 1.43. The Morgan fingerprint density at radius 1 is 1.03 bits per heavy atom. The van der Waals surface area contributed by atoms with Gasteiger partial charge in [-0.05, 0) is 48.0 Å². The zero-order valence-electron chi connectivity index (χ0n) is 16.7. The largest absolute Gasteiger partial charge is 0.493 e. The number of hydrogen-bond donors (Lipinski definition) is 1. The van der Waals surface area contributed by atoms with Crippen LogP contribution in [-0.2, 0) is 0 Å². The van der Waals surface area contributed by atoms with E-state index < -0.39 is 16.8 Å². The minimum Gasteiger partial charge on any atom is -0.493 e. The molecule has 0 aliphatic rings. The Morgan fingerprint density at radius 3 is 2.50 bits per heavy atom. The second-order valence-electron chi connectivity index (χ2n) is 6.32. The highest BCUT2D eigenvalue weighted by atomic mass is 79.9. The van der Waals surface area contributed by atoms with Crippen molar-refractivity contribution < 1.29 is 24.0 Å². The number of hydrogen-bond acceptors (Lipinski definition) is 7. The van der Waals surface area contributed by atoms with Gasteiger partial charge in [-0.3, -0.25) is 14.9 Å². The first-order valence-corrected chi connectivity index (χ1v) is 9.90. The molecular formula is C22H16BrN3O6. The van der Waals surface area contributed by atoms with Gasteiger partial charge >= 0.3 is 5.97 Å². The Morgan fingerprint density at radius 2 is 1.78 bits per heavy atom. The van der Waals surface area contributed by atoms with Gasteiger partial charge in [0.1, 0.15) is 0 Å². The number of carbonyl (C=O) groups is 2. The van der Waals surface area contributed by atoms with Crippen LogP contribution in [0, 0.1) is 10.1 Å². The van der Waals surface area contributed by atoms with Crippen LogP contribution in [0.3, 0.4) is 0 Å². The smallest absolute Gasteiger partial charge is 0.343 e. The highest BCUT2D eigenvalue weighted by Gasteiger charge is 2.14. The van der Waals surface area contributed by atoms with Gasteiger partial charge in [-0.25, -0.2) is 10.2 Å². The Kier molecular flexibility index (Phi) is 7.29. The molecule has 1 N–H and O–H groups in total. The SMILES string of the molecule is COc1cc(C=NNC(=O)c2cccc([N+](=O)[O-])c2)ccc1OC(=O)c1cccc(Br)c1. The van der Waals surface area contributed by atoms with Crippen LogP contribution in [0.4, 0.5) is 5.69 Å². The molecule has 0 aliphatic carbocycles. The molecule has 0 fully saturated rings. The first-order chi connectivity index (χ1) is 15.4. The van der Waals surface area contributed by atoms with Crippen LogP contribution < -0.4 is 14.9 Å². The van der Waals surface area contributed by atoms with Crippen molar-refractivity contribution in [3.05, 3.63) is 98.0 Å². The zero-order chi connectivity index (χ0) is 23.1. The third-order valence-corrected chi connectivity index (χ3v) is 4.64. The minimum absolute atomic E-state index is 0.101. The van der Waals surface area contributed by atoms with E-state index >= 15 is 0 Å². The summed E-state index contributed by atoms with van der Waals surface area (Å²) in [5.41, 5.74) is 3.14. The average molecular weight is 498 g/mol. The number of ether oxygens (including phenoxy) is 2. The van der Waals surface area contributed by atoms with E-state index in [0.29, 0.717) is 16.9 Å². The number of carbonyl (C=O) groups excluding carboxylic acids is 2. The molecule has 9 nitrogen and oxygen atoms in total. The quantitative estimate of drug-likeness (QED) is 0.170. The standard InChI is InChI=1S/C22H16BrN3O6/c1-31-20-10-14(8-9-19(20)32-22(28)16-5-2-6-17(23)11-16)13-24-25-21(27)15-4-3-7-18(12-15)26(29)30/h2-13H,1H3,(H,25,27). The molecule has 1 amide bonds. The first kappa shape index (κ1) is 22.6. The van der Waals surface area contributed by atoms with E-state index in [0.717, 1.165) is 10.5 Å². The van der Waals surface area contributed by atoms with Crippen LogP contribution in [0.5, 0.6) is 11.5 Å². The fourth-order valence-corrected chi connectivity index (χ4v) is 3.01. The maximum atomic E-state index is 12.4. The van der Waals surface area contributed by atoms with Crippen molar-refractivity contribution in [2.75, 3.05) is 7.11 Å². The summed E-state index contributed by atoms with van der Waals surface area (Å²) < 4.78 is 11.4. The van der Waals surface area contributed by atoms with Crippen molar-refractivity contribution >= 4 is 39.7 Å². The number of halogens is 1. The number of esters is 1. The Hall–Kier alpha value is -4.05. The number of rotatable bonds is 7. The molecule has 10 heteroatoms. The molecule has 0 bridgehead atoms. The second kappa shape index (κ2) is 10.3. The molecule has 0 atom stereocenters. The summed E-state index contributed by atoms with van der Waals surface area (Å²) in [6.07, 6.45) is 1.36. The molecular weight excluding hydrogens is 482 g/mol. The van der Waals surface area contributed by atoms with Crippen molar-refractivity contribution in [2.24, 2.45) is 5.10 Å². The van der Waals surface area contributed by atoms with Crippen LogP contribution in [0.15, 0.2) is 76.3 Å². The summed E-state index contributed by atoms with van der Waals surface area (Å²) in [5, 5.41) is 14.7. The van der Waals surface area contributed by atoms with Crippen molar-refractivity contribution in [3.8, 4) is 11.5 Å². The van der Waals surface area contributed by atoms with Crippen LogP contribution in [-0.4, -0.2) is 30.1 Å². The maximum Gasteiger partial charge on any atom is 0.343 e. The van der Waals surface area contributed by atoms with E-state index in [9.17, 15) is 19.7 Å². The van der Waals surface area contributed by atoms with E-state index in [1.807, 2.05) is 0 Å². The Bertz CT molecular complexity index is 1210. The van der Waals surface area contributed by atoms with Gasteiger partial charge in [0.2, 0.25) is 0 Å². The molecule has 0 heterocycles. The Labute approximate surface area is 190 Å². The summed E-state index contributed by atoms with van der Waals surface area (Å²) in [4.78, 5) is 34.7. The average Bonchev–Trinajstić information content (AvgIpc) is 2.79. The summed E-state index contributed by atoms with van der Waals surface area (Å²) in [6.45, 7) is 0. The number of nitrogens with zero attached hydrogens (tertiary/aromatic N) is 2. The van der Waals surface area contributed by atoms with Crippen LogP contribution >= 0.6 is 15.9 Å². The van der Waals surface area contributed by atoms with Crippen LogP contribution in [0.1, 0.15) is 26.3 Å². The lowest BCUT2D eigenvalue weighted by Crippen LogP contribution is -2.17. The molecule has 3 rings (SSSR count). The van der Waals surface area contributed by atoms with Gasteiger partial charge in [-0.15, -0.1) is 0 Å². The van der Waals surface area contributed by atoms with Crippen molar-refractivity contribution in [2.45, 2.75) is 0 Å². The van der Waals surface area contributed by atoms with Gasteiger partial charge in [0.15, 0.2) is 11.5 Å². The topological polar surface area (TPSA) is 120 Å². The van der Waals surface area contributed by atoms with Crippen molar-refractivity contribution in [1.29, 1.82) is 0 Å². The van der Waals surface area contributed by atoms with Gasteiger partial charge in [-0.2, -0.15) is 5.10 Å². The van der Waals surface area contributed by atoms with Gasteiger partial charge in [0, 0.05) is 22.2 Å². The van der Waals surface area contributed by atoms with Crippen LogP contribution in [0.2, 0.25) is 0 Å². The lowest BCUT2D eigenvalue weighted by atomic mass is 10.2. The van der Waals surface area contributed by atoms with E-state index in [1.165, 1.54) is 31.5 Å². The first-order valence-electron chi connectivity index (χ1n) is 9.11. The van der Waals surface area contributed by atoms with Gasteiger partial charge in [0.05, 0.1) is 23.8 Å². The molecule has 32 heavy (non-hydrogen) atoms. The number of hydrazone groups is 1. The molecule has 3 aromatic rings. The monoisotopic (exact) mass is 497 g/mol. The van der Waals surface area contributed by atoms with Gasteiger partial charge in [-0.1, -0.05) is 28.1 Å². The van der Waals surface area contributed by atoms with Gasteiger partial charge in [0.25, 0.3) is 11.6 Å². The number of amides is 1. The highest BCUT2D eigenvalue weighted by molar-refractivity contribution is 9.10. The van der Waals surface area contributed by atoms with Crippen LogP contribution in [0.25, 0.3) is 0 Å². The fraction of sp³-hybridized carbons (Fsp3) is 0.0455. The highest BCUT2D eigenvalue weighted by Crippen LogP contribution is 2.28. The zero-order valence-corrected chi connectivity index (χ0v) is 18.2. The number of non-ortho nitro benzene ring substituents is 1. The number of nitro benzene ring substituents is 1. The summed E-state index contributed by atoms with van der Waals surface area (Å²) >= 11 is 3.31. The molecule has 0 saturated heterocycles. The summed E-state index contributed by atoms with van der Waals surface area (Å²) in [6, 6.07) is 16.8. The molecule has 3 aromatic carbocycles. The second-order valence-corrected chi connectivity index (χ2v) is 7.23. The summed E-state index contributed by atoms with van der Waals surface area (Å²) in [5.74, 6) is -0.635. The molecule has 162 valence electrons. The lowest BCUT2D eigenvalue weighted by Gasteiger charge is -2.10. The molecule has 0 radical (unpaired) electrons. The molecule has 0 spiro atoms. The predicted molar refractivity (Wildman–Crippen MR) is 120 cm³/mol. The van der Waals surface area contributed by atoms with Crippen molar-refractivity contribution in [3.63, 3.8) is 0 Å². The van der Waals surface area contributed by atoms with Gasteiger partial charge < -0.3 is 9.47 Å². The lowest BCUT2D eigenvalue weighted by molar-refractivity contribution is -0.384. The third-order valence-electron chi connectivity index (χ3n) is 4.15. The molecule has 0 saturated carbocycles. The third kappa shape index (κ3) is 5.76. The molecule has 0 aliphatic heterocycles. The van der Waals surface area contributed by atoms with E-state index in [1.54, 1.807) is 42.5 Å². The predicted octanol–water partition coefficient (Wildman–Crippen LogP) is 4.35. The normalized spacial score (nSPS) is 10.6. The number of nitro groups is 1. The van der Waals surface area contributed by atoms with Crippen molar-refractivity contribution in [1.82, 2.24) is 5.43 Å². The molecule has 0 aromatic heterocycles.